The molecule has 2 N–H and O–H groups in total. The molecule has 1 heterocycles. The van der Waals surface area contributed by atoms with Crippen LogP contribution in [0.2, 0.25) is 0 Å². The van der Waals surface area contributed by atoms with Crippen LogP contribution in [-0.2, 0) is 0 Å². The van der Waals surface area contributed by atoms with Gasteiger partial charge in [-0.05, 0) is 43.3 Å². The van der Waals surface area contributed by atoms with Gasteiger partial charge in [0.15, 0.2) is 5.13 Å². The van der Waals surface area contributed by atoms with E-state index in [4.69, 9.17) is 5.26 Å². The second kappa shape index (κ2) is 8.12. The molecule has 0 fully saturated rings. The third-order valence-corrected chi connectivity index (χ3v) is 5.06. The van der Waals surface area contributed by atoms with Gasteiger partial charge in [0, 0.05) is 21.3 Å². The largest absolute Gasteiger partial charge is 0.322 e. The van der Waals surface area contributed by atoms with Gasteiger partial charge in [0.2, 0.25) is 0 Å². The molecule has 3 aromatic rings. The molecule has 27 heavy (non-hydrogen) atoms. The lowest BCUT2D eigenvalue weighted by atomic mass is 10.1. The lowest BCUT2D eigenvalue weighted by molar-refractivity contribution is 0.101. The lowest BCUT2D eigenvalue weighted by Crippen LogP contribution is -2.14. The van der Waals surface area contributed by atoms with Gasteiger partial charge in [-0.15, -0.1) is 0 Å². The number of carbonyl (C=O) groups excluding carboxylic acids is 2. The fourth-order valence-electron chi connectivity index (χ4n) is 2.29. The number of anilines is 2. The Morgan fingerprint density at radius 1 is 1.07 bits per heavy atom. The van der Waals surface area contributed by atoms with Crippen molar-refractivity contribution in [2.24, 2.45) is 0 Å². The molecule has 0 unspecified atom stereocenters. The predicted octanol–water partition coefficient (Wildman–Crippen LogP) is 4.59. The van der Waals surface area contributed by atoms with Crippen molar-refractivity contribution in [1.29, 1.82) is 5.26 Å². The number of aromatic nitrogens is 1. The molecular weight excluding hydrogens is 428 g/mol. The summed E-state index contributed by atoms with van der Waals surface area (Å²) in [5.41, 5.74) is 1.95. The van der Waals surface area contributed by atoms with Gasteiger partial charge >= 0.3 is 0 Å². The number of nitrogens with zero attached hydrogens (tertiary/aromatic N) is 2. The van der Waals surface area contributed by atoms with E-state index in [0.717, 1.165) is 15.8 Å². The SMILES string of the molecule is Cc1nc(NC(=O)c2cccc(NC(=O)c3cccc(Br)c3)c2)sc1C#N. The van der Waals surface area contributed by atoms with E-state index in [1.807, 2.05) is 12.1 Å². The summed E-state index contributed by atoms with van der Waals surface area (Å²) in [4.78, 5) is 29.4. The van der Waals surface area contributed by atoms with Crippen molar-refractivity contribution in [1.82, 2.24) is 4.98 Å². The Hall–Kier alpha value is -3.02. The summed E-state index contributed by atoms with van der Waals surface area (Å²) in [5, 5.41) is 14.8. The number of hydrogen-bond donors (Lipinski definition) is 2. The zero-order valence-corrected chi connectivity index (χ0v) is 16.5. The maximum absolute atomic E-state index is 12.4. The Labute approximate surface area is 168 Å². The Morgan fingerprint density at radius 2 is 1.74 bits per heavy atom. The minimum absolute atomic E-state index is 0.275. The molecule has 2 amide bonds. The van der Waals surface area contributed by atoms with Crippen molar-refractivity contribution < 1.29 is 9.59 Å². The van der Waals surface area contributed by atoms with E-state index in [1.165, 1.54) is 0 Å². The minimum atomic E-state index is -0.369. The monoisotopic (exact) mass is 440 g/mol. The normalized spacial score (nSPS) is 10.1. The quantitative estimate of drug-likeness (QED) is 0.619. The van der Waals surface area contributed by atoms with Crippen molar-refractivity contribution in [3.63, 3.8) is 0 Å². The molecule has 2 aromatic carbocycles. The number of benzene rings is 2. The van der Waals surface area contributed by atoms with Gasteiger partial charge in [0.25, 0.3) is 11.8 Å². The lowest BCUT2D eigenvalue weighted by Gasteiger charge is -2.08. The van der Waals surface area contributed by atoms with Crippen molar-refractivity contribution in [3.05, 3.63) is 74.7 Å². The van der Waals surface area contributed by atoms with Crippen molar-refractivity contribution in [2.45, 2.75) is 6.92 Å². The highest BCUT2D eigenvalue weighted by Crippen LogP contribution is 2.22. The number of nitriles is 1. The maximum atomic E-state index is 12.4. The Kier molecular flexibility index (Phi) is 5.64. The Bertz CT molecular complexity index is 1070. The van der Waals surface area contributed by atoms with Gasteiger partial charge in [-0.2, -0.15) is 5.26 Å². The highest BCUT2D eigenvalue weighted by Gasteiger charge is 2.13. The summed E-state index contributed by atoms with van der Waals surface area (Å²) in [6, 6.07) is 15.6. The van der Waals surface area contributed by atoms with Crippen LogP contribution in [0.4, 0.5) is 10.8 Å². The number of nitrogens with one attached hydrogen (secondary N) is 2. The molecule has 8 heteroatoms. The summed E-state index contributed by atoms with van der Waals surface area (Å²) in [6.45, 7) is 1.71. The van der Waals surface area contributed by atoms with E-state index < -0.39 is 0 Å². The second-order valence-electron chi connectivity index (χ2n) is 5.54. The van der Waals surface area contributed by atoms with Crippen LogP contribution in [0, 0.1) is 18.3 Å². The average Bonchev–Trinajstić information content (AvgIpc) is 3.01. The van der Waals surface area contributed by atoms with Crippen molar-refractivity contribution in [2.75, 3.05) is 10.6 Å². The summed E-state index contributed by atoms with van der Waals surface area (Å²) in [6.07, 6.45) is 0. The highest BCUT2D eigenvalue weighted by molar-refractivity contribution is 9.10. The highest BCUT2D eigenvalue weighted by atomic mass is 79.9. The van der Waals surface area contributed by atoms with Crippen LogP contribution in [0.3, 0.4) is 0 Å². The Balaban J connectivity index is 1.73. The van der Waals surface area contributed by atoms with Gasteiger partial charge < -0.3 is 5.32 Å². The van der Waals surface area contributed by atoms with Gasteiger partial charge in [0.05, 0.1) is 5.69 Å². The molecule has 0 atom stereocenters. The van der Waals surface area contributed by atoms with Crippen molar-refractivity contribution in [3.8, 4) is 6.07 Å². The van der Waals surface area contributed by atoms with E-state index in [1.54, 1.807) is 49.4 Å². The standard InChI is InChI=1S/C19H13BrN4O2S/c1-11-16(10-21)27-19(22-11)24-18(26)13-5-3-7-15(9-13)23-17(25)12-4-2-6-14(20)8-12/h2-9H,1H3,(H,23,25)(H,22,24,26). The van der Waals surface area contributed by atoms with E-state index in [2.05, 4.69) is 31.5 Å². The molecule has 0 saturated heterocycles. The number of aryl methyl sites for hydroxylation is 1. The van der Waals surface area contributed by atoms with E-state index in [9.17, 15) is 9.59 Å². The number of hydrogen-bond acceptors (Lipinski definition) is 5. The molecule has 6 nitrogen and oxygen atoms in total. The van der Waals surface area contributed by atoms with Crippen molar-refractivity contribution >= 4 is 49.9 Å². The van der Waals surface area contributed by atoms with E-state index in [0.29, 0.717) is 32.5 Å². The van der Waals surface area contributed by atoms with Crippen LogP contribution in [0.5, 0.6) is 0 Å². The summed E-state index contributed by atoms with van der Waals surface area (Å²) < 4.78 is 0.804. The van der Waals surface area contributed by atoms with Gasteiger partial charge in [0.1, 0.15) is 10.9 Å². The zero-order chi connectivity index (χ0) is 19.4. The summed E-state index contributed by atoms with van der Waals surface area (Å²) in [5.74, 6) is -0.644. The first kappa shape index (κ1) is 18.8. The molecule has 0 aliphatic carbocycles. The molecule has 0 aliphatic rings. The molecule has 0 radical (unpaired) electrons. The first-order chi connectivity index (χ1) is 13.0. The number of rotatable bonds is 4. The predicted molar refractivity (Wildman–Crippen MR) is 108 cm³/mol. The van der Waals surface area contributed by atoms with Crippen LogP contribution >= 0.6 is 27.3 Å². The van der Waals surface area contributed by atoms with Crippen LogP contribution in [-0.4, -0.2) is 16.8 Å². The zero-order valence-electron chi connectivity index (χ0n) is 14.1. The number of thiazole rings is 1. The van der Waals surface area contributed by atoms with E-state index >= 15 is 0 Å². The molecule has 0 spiro atoms. The fourth-order valence-corrected chi connectivity index (χ4v) is 3.45. The van der Waals surface area contributed by atoms with Gasteiger partial charge in [-0.1, -0.05) is 39.4 Å². The topological polar surface area (TPSA) is 94.9 Å². The van der Waals surface area contributed by atoms with Crippen LogP contribution < -0.4 is 10.6 Å². The molecule has 0 saturated carbocycles. The molecule has 0 aliphatic heterocycles. The minimum Gasteiger partial charge on any atom is -0.322 e. The first-order valence-electron chi connectivity index (χ1n) is 7.82. The van der Waals surface area contributed by atoms with Crippen LogP contribution in [0.25, 0.3) is 0 Å². The Morgan fingerprint density at radius 3 is 2.41 bits per heavy atom. The number of amides is 2. The van der Waals surface area contributed by atoms with Gasteiger partial charge in [-0.25, -0.2) is 4.98 Å². The van der Waals surface area contributed by atoms with Gasteiger partial charge in [-0.3, -0.25) is 14.9 Å². The smallest absolute Gasteiger partial charge is 0.257 e. The van der Waals surface area contributed by atoms with E-state index in [-0.39, 0.29) is 11.8 Å². The summed E-state index contributed by atoms with van der Waals surface area (Å²) in [7, 11) is 0. The number of carbonyl (C=O) groups is 2. The molecule has 3 rings (SSSR count). The molecule has 0 bridgehead atoms. The summed E-state index contributed by atoms with van der Waals surface area (Å²) >= 11 is 4.45. The third-order valence-electron chi connectivity index (χ3n) is 3.59. The second-order valence-corrected chi connectivity index (χ2v) is 7.46. The first-order valence-corrected chi connectivity index (χ1v) is 9.43. The third kappa shape index (κ3) is 4.58. The average molecular weight is 441 g/mol. The molecular formula is C19H13BrN4O2S. The number of halogens is 1. The molecule has 134 valence electrons. The van der Waals surface area contributed by atoms with Crippen LogP contribution in [0.15, 0.2) is 53.0 Å². The maximum Gasteiger partial charge on any atom is 0.257 e. The fraction of sp³-hybridized carbons (Fsp3) is 0.0526. The van der Waals surface area contributed by atoms with Crippen LogP contribution in [0.1, 0.15) is 31.3 Å². The molecule has 1 aromatic heterocycles.